The molecular weight excluding hydrogens is 211 g/mol. The van der Waals surface area contributed by atoms with Crippen LogP contribution in [0.1, 0.15) is 19.4 Å². The Morgan fingerprint density at radius 1 is 1.12 bits per heavy atom. The number of carboxylic acids is 1. The van der Waals surface area contributed by atoms with Gasteiger partial charge in [-0.3, -0.25) is 4.79 Å². The fraction of sp³-hybridized carbons (Fsp3) is 0.167. The summed E-state index contributed by atoms with van der Waals surface area (Å²) < 4.78 is 12.7. The van der Waals surface area contributed by atoms with Gasteiger partial charge in [0.25, 0.3) is 0 Å². The van der Waals surface area contributed by atoms with Crippen molar-refractivity contribution < 1.29 is 19.1 Å². The number of hydrogen-bond acceptors (Lipinski definition) is 2. The van der Waals surface area contributed by atoms with Crippen LogP contribution >= 0.6 is 0 Å². The molecule has 0 fully saturated rings. The summed E-state index contributed by atoms with van der Waals surface area (Å²) in [5.41, 5.74) is 0.584. The molecule has 0 amide bonds. The van der Waals surface area contributed by atoms with Gasteiger partial charge >= 0.3 is 5.97 Å². The molecule has 0 spiro atoms. The second kappa shape index (κ2) is 4.70. The van der Waals surface area contributed by atoms with Gasteiger partial charge < -0.3 is 5.11 Å². The molecule has 1 N–H and O–H groups in total. The van der Waals surface area contributed by atoms with Crippen molar-refractivity contribution in [3.8, 4) is 0 Å². The molecule has 3 nitrogen and oxygen atoms in total. The fourth-order valence-corrected chi connectivity index (χ4v) is 1.42. The highest BCUT2D eigenvalue weighted by molar-refractivity contribution is 6.21. The maximum atomic E-state index is 12.7. The molecule has 84 valence electrons. The number of carbonyl (C=O) groups is 2. The summed E-state index contributed by atoms with van der Waals surface area (Å²) >= 11 is 0. The van der Waals surface area contributed by atoms with Crippen LogP contribution in [0.3, 0.4) is 0 Å². The molecule has 0 unspecified atom stereocenters. The number of carbonyl (C=O) groups excluding carboxylic acids is 1. The third-order valence-corrected chi connectivity index (χ3v) is 2.22. The summed E-state index contributed by atoms with van der Waals surface area (Å²) in [6, 6.07) is 5.32. The largest absolute Gasteiger partial charge is 0.478 e. The first kappa shape index (κ1) is 12.1. The molecule has 0 bridgehead atoms. The lowest BCUT2D eigenvalue weighted by Gasteiger charge is -2.05. The van der Waals surface area contributed by atoms with Gasteiger partial charge in [0.1, 0.15) is 11.4 Å². The Morgan fingerprint density at radius 3 is 2.00 bits per heavy atom. The van der Waals surface area contributed by atoms with Crippen LogP contribution in [0.2, 0.25) is 0 Å². The van der Waals surface area contributed by atoms with Crippen molar-refractivity contribution in [1.82, 2.24) is 0 Å². The molecule has 1 aromatic carbocycles. The lowest BCUT2D eigenvalue weighted by molar-refractivity contribution is -0.134. The van der Waals surface area contributed by atoms with Crippen LogP contribution in [0.4, 0.5) is 4.39 Å². The summed E-state index contributed by atoms with van der Waals surface area (Å²) in [7, 11) is 0. The molecule has 0 heterocycles. The van der Waals surface area contributed by atoms with E-state index in [-0.39, 0.29) is 5.57 Å². The van der Waals surface area contributed by atoms with Crippen molar-refractivity contribution in [2.75, 3.05) is 0 Å². The Hall–Kier alpha value is -1.97. The lowest BCUT2D eigenvalue weighted by atomic mass is 9.99. The van der Waals surface area contributed by atoms with E-state index in [1.54, 1.807) is 0 Å². The molecule has 0 atom stereocenters. The summed E-state index contributed by atoms with van der Waals surface area (Å²) in [6.45, 7) is 2.72. The predicted molar refractivity (Wildman–Crippen MR) is 57.3 cm³/mol. The van der Waals surface area contributed by atoms with Crippen molar-refractivity contribution in [3.63, 3.8) is 0 Å². The topological polar surface area (TPSA) is 54.4 Å². The van der Waals surface area contributed by atoms with Crippen LogP contribution in [0, 0.1) is 5.82 Å². The first-order valence-corrected chi connectivity index (χ1v) is 4.64. The number of aliphatic carboxylic acids is 1. The average Bonchev–Trinajstić information content (AvgIpc) is 2.17. The number of hydrogen-bond donors (Lipinski definition) is 1. The van der Waals surface area contributed by atoms with Crippen LogP contribution in [-0.2, 0) is 9.59 Å². The number of halogens is 1. The van der Waals surface area contributed by atoms with E-state index >= 15 is 0 Å². The number of ketones is 1. The van der Waals surface area contributed by atoms with Gasteiger partial charge in [-0.2, -0.15) is 0 Å². The Labute approximate surface area is 92.2 Å². The number of allylic oxidation sites excluding steroid dienone is 1. The zero-order valence-corrected chi connectivity index (χ0v) is 8.95. The lowest BCUT2D eigenvalue weighted by Crippen LogP contribution is -2.11. The Balaban J connectivity index is 3.29. The zero-order chi connectivity index (χ0) is 12.3. The smallest absolute Gasteiger partial charge is 0.339 e. The van der Waals surface area contributed by atoms with Gasteiger partial charge in [-0.1, -0.05) is 12.1 Å². The van der Waals surface area contributed by atoms with E-state index in [9.17, 15) is 14.0 Å². The third-order valence-electron chi connectivity index (χ3n) is 2.22. The monoisotopic (exact) mass is 222 g/mol. The molecule has 0 radical (unpaired) electrons. The van der Waals surface area contributed by atoms with E-state index in [1.807, 2.05) is 0 Å². The van der Waals surface area contributed by atoms with E-state index in [1.165, 1.54) is 38.1 Å². The van der Waals surface area contributed by atoms with Crippen molar-refractivity contribution in [2.24, 2.45) is 0 Å². The number of benzene rings is 1. The standard InChI is InChI=1S/C12H11FO3/c1-7(11(8(2)14)12(15)16)9-3-5-10(13)6-4-9/h3-6H,1-2H3,(H,15,16)/b11-7-. The number of Topliss-reactive ketones (excluding diaryl/α,β-unsaturated/α-hetero) is 1. The highest BCUT2D eigenvalue weighted by Crippen LogP contribution is 2.19. The maximum absolute atomic E-state index is 12.7. The van der Waals surface area contributed by atoms with Crippen molar-refractivity contribution in [1.29, 1.82) is 0 Å². The molecule has 1 aromatic rings. The minimum absolute atomic E-state index is 0.272. The van der Waals surface area contributed by atoms with Gasteiger partial charge in [0.2, 0.25) is 0 Å². The molecule has 4 heteroatoms. The fourth-order valence-electron chi connectivity index (χ4n) is 1.42. The molecule has 0 aliphatic heterocycles. The SMILES string of the molecule is CC(=O)/C(C(=O)O)=C(\C)c1ccc(F)cc1. The van der Waals surface area contributed by atoms with Gasteiger partial charge in [0, 0.05) is 0 Å². The van der Waals surface area contributed by atoms with Gasteiger partial charge in [-0.25, -0.2) is 9.18 Å². The van der Waals surface area contributed by atoms with Crippen molar-refractivity contribution >= 4 is 17.3 Å². The van der Waals surface area contributed by atoms with Gasteiger partial charge in [-0.15, -0.1) is 0 Å². The highest BCUT2D eigenvalue weighted by atomic mass is 19.1. The van der Waals surface area contributed by atoms with Crippen LogP contribution in [0.5, 0.6) is 0 Å². The molecule has 1 rings (SSSR count). The quantitative estimate of drug-likeness (QED) is 0.485. The molecule has 0 aliphatic rings. The van der Waals surface area contributed by atoms with Gasteiger partial charge in [0.05, 0.1) is 0 Å². The molecule has 0 saturated carbocycles. The second-order valence-electron chi connectivity index (χ2n) is 3.37. The number of rotatable bonds is 3. The van der Waals surface area contributed by atoms with Gasteiger partial charge in [0.15, 0.2) is 5.78 Å². The van der Waals surface area contributed by atoms with E-state index in [4.69, 9.17) is 5.11 Å². The van der Waals surface area contributed by atoms with Gasteiger partial charge in [-0.05, 0) is 37.1 Å². The van der Waals surface area contributed by atoms with E-state index < -0.39 is 17.6 Å². The van der Waals surface area contributed by atoms with Crippen molar-refractivity contribution in [3.05, 3.63) is 41.2 Å². The Morgan fingerprint density at radius 2 is 1.62 bits per heavy atom. The Bertz CT molecular complexity index is 442. The first-order valence-electron chi connectivity index (χ1n) is 4.64. The minimum atomic E-state index is -1.27. The van der Waals surface area contributed by atoms with Crippen LogP contribution in [-0.4, -0.2) is 16.9 Å². The van der Waals surface area contributed by atoms with Crippen molar-refractivity contribution in [2.45, 2.75) is 13.8 Å². The minimum Gasteiger partial charge on any atom is -0.478 e. The average molecular weight is 222 g/mol. The van der Waals surface area contributed by atoms with Crippen LogP contribution in [0.25, 0.3) is 5.57 Å². The maximum Gasteiger partial charge on any atom is 0.339 e. The molecule has 0 saturated heterocycles. The normalized spacial score (nSPS) is 11.9. The molecule has 0 aromatic heterocycles. The van der Waals surface area contributed by atoms with Crippen LogP contribution in [0.15, 0.2) is 29.8 Å². The Kier molecular flexibility index (Phi) is 3.55. The summed E-state index contributed by atoms with van der Waals surface area (Å²) in [4.78, 5) is 22.0. The predicted octanol–water partition coefficient (Wildman–Crippen LogP) is 2.27. The van der Waals surface area contributed by atoms with E-state index in [0.29, 0.717) is 11.1 Å². The van der Waals surface area contributed by atoms with Crippen LogP contribution < -0.4 is 0 Å². The molecular formula is C12H11FO3. The third kappa shape index (κ3) is 2.53. The molecule has 0 aliphatic carbocycles. The summed E-state index contributed by atoms with van der Waals surface area (Å²) in [6.07, 6.45) is 0. The first-order chi connectivity index (χ1) is 7.43. The highest BCUT2D eigenvalue weighted by Gasteiger charge is 2.17. The second-order valence-corrected chi connectivity index (χ2v) is 3.37. The summed E-state index contributed by atoms with van der Waals surface area (Å²) in [5.74, 6) is -2.19. The molecule has 16 heavy (non-hydrogen) atoms. The van der Waals surface area contributed by atoms with E-state index in [2.05, 4.69) is 0 Å². The summed E-state index contributed by atoms with van der Waals surface area (Å²) in [5, 5.41) is 8.88. The zero-order valence-electron chi connectivity index (χ0n) is 8.95. The van der Waals surface area contributed by atoms with E-state index in [0.717, 1.165) is 0 Å². The number of carboxylic acid groups (broad SMARTS) is 1.